The van der Waals surface area contributed by atoms with Gasteiger partial charge in [0.05, 0.1) is 0 Å². The zero-order valence-electron chi connectivity index (χ0n) is 10.1. The third-order valence-corrected chi connectivity index (χ3v) is 4.18. The standard InChI is InChI=1S/C14H16ClNOS/c1-10(11-5-2-3-6-12(11)15)16-9-13(17)14-7-4-8-18-14/h2-8,10,13,16-17H,9H2,1H3/t10-,13?/m0/s1. The van der Waals surface area contributed by atoms with Crippen LogP contribution >= 0.6 is 22.9 Å². The average molecular weight is 282 g/mol. The van der Waals surface area contributed by atoms with E-state index >= 15 is 0 Å². The van der Waals surface area contributed by atoms with Crippen LogP contribution in [-0.2, 0) is 0 Å². The molecule has 1 aromatic carbocycles. The quantitative estimate of drug-likeness (QED) is 0.874. The van der Waals surface area contributed by atoms with Crippen LogP contribution in [-0.4, -0.2) is 11.7 Å². The molecule has 1 unspecified atom stereocenters. The predicted molar refractivity (Wildman–Crippen MR) is 77.1 cm³/mol. The Kier molecular flexibility index (Phi) is 4.78. The van der Waals surface area contributed by atoms with Crippen molar-refractivity contribution in [2.24, 2.45) is 0 Å². The van der Waals surface area contributed by atoms with Crippen LogP contribution in [0.15, 0.2) is 41.8 Å². The SMILES string of the molecule is C[C@H](NCC(O)c1cccs1)c1ccccc1Cl. The summed E-state index contributed by atoms with van der Waals surface area (Å²) >= 11 is 7.70. The number of rotatable bonds is 5. The summed E-state index contributed by atoms with van der Waals surface area (Å²) in [5, 5.41) is 16.0. The van der Waals surface area contributed by atoms with Crippen molar-refractivity contribution in [3.05, 3.63) is 57.2 Å². The van der Waals surface area contributed by atoms with Gasteiger partial charge in [0.15, 0.2) is 0 Å². The van der Waals surface area contributed by atoms with Gasteiger partial charge in [-0.1, -0.05) is 35.9 Å². The maximum absolute atomic E-state index is 9.99. The summed E-state index contributed by atoms with van der Waals surface area (Å²) in [6, 6.07) is 11.8. The Bertz CT molecular complexity index is 486. The summed E-state index contributed by atoms with van der Waals surface area (Å²) in [5.41, 5.74) is 1.05. The molecule has 0 saturated heterocycles. The molecule has 2 rings (SSSR count). The molecule has 0 radical (unpaired) electrons. The van der Waals surface area contributed by atoms with E-state index in [1.807, 2.05) is 48.7 Å². The summed E-state index contributed by atoms with van der Waals surface area (Å²) in [6.45, 7) is 2.56. The molecule has 0 aliphatic heterocycles. The molecule has 2 nitrogen and oxygen atoms in total. The van der Waals surface area contributed by atoms with Crippen LogP contribution in [0.5, 0.6) is 0 Å². The third kappa shape index (κ3) is 3.33. The molecular formula is C14H16ClNOS. The first kappa shape index (κ1) is 13.6. The van der Waals surface area contributed by atoms with Gasteiger partial charge >= 0.3 is 0 Å². The summed E-state index contributed by atoms with van der Waals surface area (Å²) in [4.78, 5) is 0.980. The number of aliphatic hydroxyl groups is 1. The highest BCUT2D eigenvalue weighted by molar-refractivity contribution is 7.10. The average Bonchev–Trinajstić information content (AvgIpc) is 2.90. The van der Waals surface area contributed by atoms with Crippen molar-refractivity contribution >= 4 is 22.9 Å². The van der Waals surface area contributed by atoms with E-state index in [1.165, 1.54) is 0 Å². The molecule has 0 fully saturated rings. The van der Waals surface area contributed by atoms with Gasteiger partial charge in [-0.25, -0.2) is 0 Å². The van der Waals surface area contributed by atoms with Crippen molar-refractivity contribution in [1.82, 2.24) is 5.32 Å². The van der Waals surface area contributed by atoms with E-state index in [-0.39, 0.29) is 6.04 Å². The normalized spacial score (nSPS) is 14.4. The maximum atomic E-state index is 9.99. The number of benzene rings is 1. The minimum Gasteiger partial charge on any atom is -0.386 e. The second kappa shape index (κ2) is 6.34. The monoisotopic (exact) mass is 281 g/mol. The largest absolute Gasteiger partial charge is 0.386 e. The summed E-state index contributed by atoms with van der Waals surface area (Å²) in [6.07, 6.45) is -0.463. The Morgan fingerprint density at radius 2 is 2.06 bits per heavy atom. The predicted octanol–water partition coefficient (Wildman–Crippen LogP) is 3.79. The van der Waals surface area contributed by atoms with Gasteiger partial charge in [0, 0.05) is 22.5 Å². The Balaban J connectivity index is 1.93. The molecule has 2 atom stereocenters. The molecule has 4 heteroatoms. The van der Waals surface area contributed by atoms with Gasteiger partial charge in [-0.15, -0.1) is 11.3 Å². The number of hydrogen-bond donors (Lipinski definition) is 2. The van der Waals surface area contributed by atoms with E-state index in [9.17, 15) is 5.11 Å². The second-order valence-electron chi connectivity index (χ2n) is 4.18. The molecule has 0 bridgehead atoms. The van der Waals surface area contributed by atoms with E-state index in [1.54, 1.807) is 11.3 Å². The lowest BCUT2D eigenvalue weighted by Crippen LogP contribution is -2.24. The molecule has 0 aliphatic rings. The fourth-order valence-electron chi connectivity index (χ4n) is 1.81. The van der Waals surface area contributed by atoms with Gasteiger partial charge in [0.1, 0.15) is 6.10 Å². The summed E-state index contributed by atoms with van der Waals surface area (Å²) < 4.78 is 0. The molecule has 1 aromatic heterocycles. The fraction of sp³-hybridized carbons (Fsp3) is 0.286. The van der Waals surface area contributed by atoms with E-state index in [0.717, 1.165) is 15.5 Å². The molecule has 0 aliphatic carbocycles. The number of aliphatic hydroxyl groups excluding tert-OH is 1. The van der Waals surface area contributed by atoms with Crippen LogP contribution in [0.2, 0.25) is 5.02 Å². The van der Waals surface area contributed by atoms with Crippen LogP contribution in [0, 0.1) is 0 Å². The maximum Gasteiger partial charge on any atom is 0.101 e. The van der Waals surface area contributed by atoms with Crippen LogP contribution in [0.1, 0.15) is 29.5 Å². The van der Waals surface area contributed by atoms with Gasteiger partial charge in [0.2, 0.25) is 0 Å². The zero-order chi connectivity index (χ0) is 13.0. The molecule has 2 N–H and O–H groups in total. The van der Waals surface area contributed by atoms with Crippen molar-refractivity contribution in [3.63, 3.8) is 0 Å². The van der Waals surface area contributed by atoms with Crippen LogP contribution in [0.25, 0.3) is 0 Å². The van der Waals surface area contributed by atoms with Gasteiger partial charge in [0.25, 0.3) is 0 Å². The number of nitrogens with one attached hydrogen (secondary N) is 1. The van der Waals surface area contributed by atoms with Crippen molar-refractivity contribution < 1.29 is 5.11 Å². The first-order chi connectivity index (χ1) is 8.68. The second-order valence-corrected chi connectivity index (χ2v) is 5.57. The highest BCUT2D eigenvalue weighted by atomic mass is 35.5. The minimum atomic E-state index is -0.463. The highest BCUT2D eigenvalue weighted by Crippen LogP contribution is 2.23. The molecule has 0 spiro atoms. The van der Waals surface area contributed by atoms with E-state index in [2.05, 4.69) is 5.32 Å². The smallest absolute Gasteiger partial charge is 0.101 e. The Morgan fingerprint density at radius 1 is 1.28 bits per heavy atom. The van der Waals surface area contributed by atoms with Gasteiger partial charge < -0.3 is 10.4 Å². The van der Waals surface area contributed by atoms with Crippen molar-refractivity contribution in [2.75, 3.05) is 6.54 Å². The van der Waals surface area contributed by atoms with Gasteiger partial charge in [-0.05, 0) is 30.0 Å². The van der Waals surface area contributed by atoms with Crippen molar-refractivity contribution in [3.8, 4) is 0 Å². The summed E-state index contributed by atoms with van der Waals surface area (Å²) in [5.74, 6) is 0. The van der Waals surface area contributed by atoms with Gasteiger partial charge in [-0.3, -0.25) is 0 Å². The van der Waals surface area contributed by atoms with Crippen molar-refractivity contribution in [1.29, 1.82) is 0 Å². The third-order valence-electron chi connectivity index (χ3n) is 2.86. The molecule has 18 heavy (non-hydrogen) atoms. The Morgan fingerprint density at radius 3 is 2.72 bits per heavy atom. The lowest BCUT2D eigenvalue weighted by Gasteiger charge is -2.17. The highest BCUT2D eigenvalue weighted by Gasteiger charge is 2.12. The van der Waals surface area contributed by atoms with E-state index in [0.29, 0.717) is 6.54 Å². The molecule has 2 aromatic rings. The van der Waals surface area contributed by atoms with Crippen molar-refractivity contribution in [2.45, 2.75) is 19.1 Å². The molecule has 0 amide bonds. The van der Waals surface area contributed by atoms with Crippen LogP contribution in [0.3, 0.4) is 0 Å². The van der Waals surface area contributed by atoms with Crippen LogP contribution < -0.4 is 5.32 Å². The number of thiophene rings is 1. The van der Waals surface area contributed by atoms with Crippen LogP contribution in [0.4, 0.5) is 0 Å². The number of hydrogen-bond acceptors (Lipinski definition) is 3. The lowest BCUT2D eigenvalue weighted by atomic mass is 10.1. The Labute approximate surface area is 116 Å². The fourth-order valence-corrected chi connectivity index (χ4v) is 2.82. The number of halogens is 1. The first-order valence-corrected chi connectivity index (χ1v) is 7.13. The zero-order valence-corrected chi connectivity index (χ0v) is 11.7. The molecule has 1 heterocycles. The summed E-state index contributed by atoms with van der Waals surface area (Å²) in [7, 11) is 0. The molecule has 96 valence electrons. The lowest BCUT2D eigenvalue weighted by molar-refractivity contribution is 0.174. The van der Waals surface area contributed by atoms with E-state index in [4.69, 9.17) is 11.6 Å². The van der Waals surface area contributed by atoms with Gasteiger partial charge in [-0.2, -0.15) is 0 Å². The van der Waals surface area contributed by atoms with E-state index < -0.39 is 6.10 Å². The minimum absolute atomic E-state index is 0.119. The molecule has 0 saturated carbocycles. The Hall–Kier alpha value is -0.870. The molecular weight excluding hydrogens is 266 g/mol. The first-order valence-electron chi connectivity index (χ1n) is 5.87. The topological polar surface area (TPSA) is 32.3 Å².